The normalized spacial score (nSPS) is 11.1. The minimum Gasteiger partial charge on any atom is -0.384 e. The Morgan fingerprint density at radius 2 is 0.832 bits per heavy atom. The molecule has 21 nitrogen and oxygen atoms in total. The number of nitrogens with one attached hydrogen (secondary N) is 6. The second kappa shape index (κ2) is 43.5. The fourth-order valence-corrected chi connectivity index (χ4v) is 14.2. The van der Waals surface area contributed by atoms with E-state index in [0.717, 1.165) is 60.6 Å². The van der Waals surface area contributed by atoms with Crippen molar-refractivity contribution in [3.63, 3.8) is 0 Å². The highest BCUT2D eigenvalue weighted by Crippen LogP contribution is 2.25. The van der Waals surface area contributed by atoms with E-state index in [9.17, 15) is 57.6 Å². The van der Waals surface area contributed by atoms with E-state index >= 15 is 0 Å². The first-order chi connectivity index (χ1) is 50.5. The van der Waals surface area contributed by atoms with E-state index in [2.05, 4.69) is 37.0 Å². The van der Waals surface area contributed by atoms with E-state index < -0.39 is 51.1 Å². The third-order valence-electron chi connectivity index (χ3n) is 16.0. The maximum atomic E-state index is 12.8. The molecule has 107 heavy (non-hydrogen) atoms. The minimum absolute atomic E-state index is 0. The van der Waals surface area contributed by atoms with E-state index in [1.54, 1.807) is 175 Å². The number of Topliss-reactive ketones (excluding diaryl/α,β-unsaturated/α-hetero) is 2. The molecule has 0 unspecified atom stereocenters. The SMILES string of the molecule is C.CC(=O)c1ccc(CNC(=O)c2ccccc2NS(C)(=O)=O)cc1.CCCCc1ccc(NC(=O)c2ccccc2NS(=O)(=O)Cc2ccccc2)cc1.CCCS(=O)(=O)Nc1ccccc1C(=O)Nc1ccc(CCOC)cc1.COCCc1ccc(CC(=O)c2ccccc2CS(=O)(=O)C(C)C)cc1. The van der Waals surface area contributed by atoms with Gasteiger partial charge in [0.1, 0.15) is 0 Å². The van der Waals surface area contributed by atoms with Crippen molar-refractivity contribution < 1.29 is 67.1 Å². The van der Waals surface area contributed by atoms with Crippen molar-refractivity contribution in [1.29, 1.82) is 0 Å². The van der Waals surface area contributed by atoms with Crippen LogP contribution in [0.2, 0.25) is 0 Å². The zero-order valence-corrected chi connectivity index (χ0v) is 64.2. The molecule has 9 aromatic rings. The van der Waals surface area contributed by atoms with Gasteiger partial charge in [-0.25, -0.2) is 33.7 Å². The summed E-state index contributed by atoms with van der Waals surface area (Å²) in [6.45, 7) is 10.3. The van der Waals surface area contributed by atoms with E-state index in [0.29, 0.717) is 53.3 Å². The Kier molecular flexibility index (Phi) is 35.5. The molecule has 0 bridgehead atoms. The lowest BCUT2D eigenvalue weighted by molar-refractivity contribution is 0.0948. The van der Waals surface area contributed by atoms with Gasteiger partial charge in [0.15, 0.2) is 21.4 Å². The number of unbranched alkanes of at least 4 members (excludes halogenated alkanes) is 1. The molecule has 0 aliphatic carbocycles. The molecule has 9 rings (SSSR count). The van der Waals surface area contributed by atoms with Crippen molar-refractivity contribution in [2.45, 2.75) is 110 Å². The summed E-state index contributed by atoms with van der Waals surface area (Å²) < 4.78 is 114. The number of sulfone groups is 1. The first-order valence-corrected chi connectivity index (χ1v) is 41.3. The Morgan fingerprint density at radius 1 is 0.421 bits per heavy atom. The lowest BCUT2D eigenvalue weighted by Crippen LogP contribution is -2.24. The first kappa shape index (κ1) is 87.5. The number of ketones is 2. The molecule has 25 heteroatoms. The van der Waals surface area contributed by atoms with Crippen LogP contribution in [0.3, 0.4) is 0 Å². The lowest BCUT2D eigenvalue weighted by Gasteiger charge is -2.13. The molecule has 9 aromatic carbocycles. The van der Waals surface area contributed by atoms with Crippen molar-refractivity contribution >= 4 is 97.6 Å². The van der Waals surface area contributed by atoms with Crippen LogP contribution in [0.15, 0.2) is 224 Å². The van der Waals surface area contributed by atoms with Gasteiger partial charge in [0.2, 0.25) is 30.1 Å². The second-order valence-corrected chi connectivity index (χ2v) is 32.9. The number of ether oxygens (including phenoxy) is 2. The zero-order valence-electron chi connectivity index (χ0n) is 60.9. The van der Waals surface area contributed by atoms with E-state index in [1.807, 2.05) is 78.9 Å². The summed E-state index contributed by atoms with van der Waals surface area (Å²) in [5, 5.41) is 7.90. The van der Waals surface area contributed by atoms with E-state index in [1.165, 1.54) is 18.6 Å². The predicted molar refractivity (Wildman–Crippen MR) is 430 cm³/mol. The molecule has 0 saturated heterocycles. The van der Waals surface area contributed by atoms with Gasteiger partial charge in [0.05, 0.1) is 75.7 Å². The summed E-state index contributed by atoms with van der Waals surface area (Å²) >= 11 is 0. The van der Waals surface area contributed by atoms with Crippen molar-refractivity contribution in [2.24, 2.45) is 0 Å². The Balaban J connectivity index is 0.000000256. The summed E-state index contributed by atoms with van der Waals surface area (Å²) in [7, 11) is -10.5. The number of methoxy groups -OCH3 is 2. The molecular weight excluding hydrogens is 1440 g/mol. The predicted octanol–water partition coefficient (Wildman–Crippen LogP) is 15.0. The average Bonchev–Trinajstić information content (AvgIpc) is 0.833. The highest BCUT2D eigenvalue weighted by atomic mass is 32.2. The molecular formula is C82H98N6O15S4. The van der Waals surface area contributed by atoms with Crippen LogP contribution in [-0.4, -0.2) is 108 Å². The molecule has 0 aromatic heterocycles. The Labute approximate surface area is 631 Å². The fraction of sp³-hybridized carbons (Fsp3) is 0.280. The zero-order chi connectivity index (χ0) is 77.3. The highest BCUT2D eigenvalue weighted by molar-refractivity contribution is 7.93. The number of carbonyl (C=O) groups excluding carboxylic acids is 5. The fourth-order valence-electron chi connectivity index (χ4n) is 10.3. The van der Waals surface area contributed by atoms with Crippen LogP contribution in [0.1, 0.15) is 152 Å². The van der Waals surface area contributed by atoms with Crippen LogP contribution in [-0.2, 0) is 93.1 Å². The number of carbonyl (C=O) groups is 5. The van der Waals surface area contributed by atoms with Crippen LogP contribution < -0.4 is 30.1 Å². The minimum atomic E-state index is -3.66. The second-order valence-electron chi connectivity index (χ2n) is 25.0. The average molecular weight is 1540 g/mol. The van der Waals surface area contributed by atoms with Crippen LogP contribution in [0.4, 0.5) is 28.4 Å². The van der Waals surface area contributed by atoms with Crippen molar-refractivity contribution in [3.8, 4) is 0 Å². The van der Waals surface area contributed by atoms with Gasteiger partial charge in [-0.15, -0.1) is 0 Å². The molecule has 0 aliphatic rings. The van der Waals surface area contributed by atoms with Crippen LogP contribution in [0, 0.1) is 0 Å². The van der Waals surface area contributed by atoms with Gasteiger partial charge in [0.25, 0.3) is 17.7 Å². The number of benzene rings is 9. The lowest BCUT2D eigenvalue weighted by atomic mass is 9.98. The summed E-state index contributed by atoms with van der Waals surface area (Å²) in [6.07, 6.45) is 6.68. The largest absolute Gasteiger partial charge is 0.384 e. The molecule has 0 spiro atoms. The van der Waals surface area contributed by atoms with Crippen LogP contribution in [0.5, 0.6) is 0 Å². The number of rotatable bonds is 33. The van der Waals surface area contributed by atoms with Crippen molar-refractivity contribution in [3.05, 3.63) is 291 Å². The molecule has 0 radical (unpaired) electrons. The Bertz CT molecular complexity index is 4830. The highest BCUT2D eigenvalue weighted by Gasteiger charge is 2.23. The molecule has 0 aliphatic heterocycles. The molecule has 0 atom stereocenters. The quantitative estimate of drug-likeness (QED) is 0.0208. The van der Waals surface area contributed by atoms with Gasteiger partial charge in [-0.1, -0.05) is 191 Å². The molecule has 6 N–H and O–H groups in total. The number of amides is 3. The molecule has 0 heterocycles. The number of aryl methyl sites for hydroxylation is 1. The van der Waals surface area contributed by atoms with Gasteiger partial charge in [-0.3, -0.25) is 38.1 Å². The third-order valence-corrected chi connectivity index (χ3v) is 21.5. The van der Waals surface area contributed by atoms with Crippen molar-refractivity contribution in [2.75, 3.05) is 64.2 Å². The number of sulfonamides is 3. The van der Waals surface area contributed by atoms with Gasteiger partial charge >= 0.3 is 0 Å². The van der Waals surface area contributed by atoms with Crippen molar-refractivity contribution in [1.82, 2.24) is 5.32 Å². The summed E-state index contributed by atoms with van der Waals surface area (Å²) in [6, 6.07) is 65.4. The maximum absolute atomic E-state index is 12.8. The van der Waals surface area contributed by atoms with E-state index in [-0.39, 0.29) is 94.8 Å². The Hall–Kier alpha value is -10.2. The first-order valence-electron chi connectivity index (χ1n) is 34.4. The number of hydrogen-bond acceptors (Lipinski definition) is 15. The molecule has 0 fully saturated rings. The monoisotopic (exact) mass is 1530 g/mol. The summed E-state index contributed by atoms with van der Waals surface area (Å²) in [5.41, 5.74) is 10.4. The van der Waals surface area contributed by atoms with Crippen LogP contribution >= 0.6 is 0 Å². The summed E-state index contributed by atoms with van der Waals surface area (Å²) in [5.74, 6) is -1.48. The topological polar surface area (TPSA) is 313 Å². The number of hydrogen-bond donors (Lipinski definition) is 6. The van der Waals surface area contributed by atoms with Gasteiger partial charge in [-0.05, 0) is 152 Å². The smallest absolute Gasteiger partial charge is 0.257 e. The maximum Gasteiger partial charge on any atom is 0.257 e. The molecule has 0 saturated carbocycles. The van der Waals surface area contributed by atoms with Gasteiger partial charge < -0.3 is 25.4 Å². The number of anilines is 5. The third kappa shape index (κ3) is 30.7. The van der Waals surface area contributed by atoms with Crippen LogP contribution in [0.25, 0.3) is 0 Å². The number of para-hydroxylation sites is 3. The van der Waals surface area contributed by atoms with Gasteiger partial charge in [0, 0.05) is 49.7 Å². The van der Waals surface area contributed by atoms with Gasteiger partial charge in [-0.2, -0.15) is 0 Å². The molecule has 3 amide bonds. The summed E-state index contributed by atoms with van der Waals surface area (Å²) in [4.78, 5) is 61.6. The molecule has 570 valence electrons. The van der Waals surface area contributed by atoms with E-state index in [4.69, 9.17) is 9.47 Å². The standard InChI is InChI=1S/C24H26N2O3S.C21H26O4S.C19H24N2O4S.C17H18N2O4S.CH4/c1-2-3-9-19-14-16-21(17-15-19)25-24(27)22-12-7-8-13-23(22)26-30(28,29)18-20-10-5-4-6-11-20;1-16(2)26(23,24)15-19-6-4-5-7-20(19)21(22)14-18-10-8-17(9-11-18)12-13-25-3;1-3-14-26(23,24)21-18-7-5-4-6-17(18)19(22)20-16-10-8-15(9-11-16)12-13-25-2;1-12(20)14-9-7-13(8-10-14)11-18-17(21)15-5-3-4-6-16(15)19-24(2,22)23;/h4-8,10-17,26H,2-3,9,18H2,1H3,(H,25,27);4-11,16H,12-15H2,1-3H3;4-11,21H,3,12-14H2,1-2H3,(H,20,22);3-10,19H,11H2,1-2H3,(H,18,21);1H4. The Morgan fingerprint density at radius 3 is 1.29 bits per heavy atom.